The van der Waals surface area contributed by atoms with Gasteiger partial charge in [0.05, 0.1) is 43.6 Å². The van der Waals surface area contributed by atoms with Gasteiger partial charge in [0.2, 0.25) is 0 Å². The van der Waals surface area contributed by atoms with E-state index in [2.05, 4.69) is 4.90 Å². The second-order valence-corrected chi connectivity index (χ2v) is 8.78. The quantitative estimate of drug-likeness (QED) is 0.361. The summed E-state index contributed by atoms with van der Waals surface area (Å²) in [6.07, 6.45) is -3.82. The summed E-state index contributed by atoms with van der Waals surface area (Å²) >= 11 is 0. The lowest BCUT2D eigenvalue weighted by molar-refractivity contribution is -0.138. The summed E-state index contributed by atoms with van der Waals surface area (Å²) in [5, 5.41) is 0. The lowest BCUT2D eigenvalue weighted by atomic mass is 10.1. The lowest BCUT2D eigenvalue weighted by Crippen LogP contribution is -2.30. The van der Waals surface area contributed by atoms with Crippen LogP contribution in [0, 0.1) is 0 Å². The molecule has 0 amide bonds. The Morgan fingerprint density at radius 3 is 2.36 bits per heavy atom. The van der Waals surface area contributed by atoms with Crippen LogP contribution >= 0.6 is 0 Å². The van der Waals surface area contributed by atoms with Gasteiger partial charge in [0, 0.05) is 13.1 Å². The normalized spacial score (nSPS) is 16.0. The van der Waals surface area contributed by atoms with Crippen molar-refractivity contribution < 1.29 is 22.6 Å². The van der Waals surface area contributed by atoms with Crippen molar-refractivity contribution in [2.75, 3.05) is 32.2 Å². The number of anilines is 1. The third kappa shape index (κ3) is 4.08. The van der Waals surface area contributed by atoms with Crippen LogP contribution in [0.1, 0.15) is 23.6 Å². The minimum Gasteiger partial charge on any atom is -0.495 e. The van der Waals surface area contributed by atoms with Crippen LogP contribution in [0.2, 0.25) is 0 Å². The highest BCUT2D eigenvalue weighted by Gasteiger charge is 2.34. The molecule has 5 rings (SSSR count). The van der Waals surface area contributed by atoms with E-state index in [9.17, 15) is 18.0 Å². The molecule has 1 atom stereocenters. The average molecular weight is 498 g/mol. The van der Waals surface area contributed by atoms with Gasteiger partial charge in [0.15, 0.2) is 0 Å². The van der Waals surface area contributed by atoms with E-state index in [-0.39, 0.29) is 23.8 Å². The number of methoxy groups -OCH3 is 2. The predicted octanol–water partition coefficient (Wildman–Crippen LogP) is 5.34. The molecule has 36 heavy (non-hydrogen) atoms. The van der Waals surface area contributed by atoms with Crippen LogP contribution in [0.5, 0.6) is 11.5 Å². The number of benzene rings is 3. The second-order valence-electron chi connectivity index (χ2n) is 8.78. The molecule has 188 valence electrons. The van der Waals surface area contributed by atoms with Crippen molar-refractivity contribution in [2.45, 2.75) is 25.2 Å². The van der Waals surface area contributed by atoms with Gasteiger partial charge in [-0.3, -0.25) is 9.13 Å². The van der Waals surface area contributed by atoms with Gasteiger partial charge in [-0.15, -0.1) is 0 Å². The van der Waals surface area contributed by atoms with Gasteiger partial charge >= 0.3 is 11.9 Å². The van der Waals surface area contributed by atoms with Crippen molar-refractivity contribution in [1.82, 2.24) is 9.13 Å². The minimum atomic E-state index is -4.52. The molecule has 0 aliphatic carbocycles. The molecule has 4 aromatic rings. The summed E-state index contributed by atoms with van der Waals surface area (Å²) in [5.74, 6) is 1.19. The maximum Gasteiger partial charge on any atom is 0.416 e. The van der Waals surface area contributed by atoms with Crippen LogP contribution in [-0.4, -0.2) is 36.4 Å². The fourth-order valence-electron chi connectivity index (χ4n) is 5.14. The van der Waals surface area contributed by atoms with E-state index in [1.807, 2.05) is 30.3 Å². The number of aromatic nitrogens is 2. The Balaban J connectivity index is 1.60. The van der Waals surface area contributed by atoms with Crippen molar-refractivity contribution in [2.24, 2.45) is 0 Å². The number of fused-ring (bicyclic) bond motifs is 1. The summed E-state index contributed by atoms with van der Waals surface area (Å²) < 4.78 is 55.2. The summed E-state index contributed by atoms with van der Waals surface area (Å²) in [4.78, 5) is 16.0. The molecule has 0 N–H and O–H groups in total. The number of alkyl halides is 3. The molecule has 9 heteroatoms. The SMILES string of the molecule is COc1ccccc1N1CCC(n2c(=O)n(Cc3ccccc3C(F)(F)F)c3c(OC)cccc32)C1. The van der Waals surface area contributed by atoms with E-state index < -0.39 is 11.7 Å². The van der Waals surface area contributed by atoms with Crippen LogP contribution < -0.4 is 20.1 Å². The first-order valence-corrected chi connectivity index (χ1v) is 11.6. The van der Waals surface area contributed by atoms with E-state index in [1.54, 1.807) is 29.9 Å². The molecule has 1 aliphatic rings. The Labute approximate surface area is 206 Å². The van der Waals surface area contributed by atoms with Crippen LogP contribution in [0.3, 0.4) is 0 Å². The maximum atomic E-state index is 13.8. The highest BCUT2D eigenvalue weighted by atomic mass is 19.4. The maximum absolute atomic E-state index is 13.8. The number of rotatable bonds is 6. The van der Waals surface area contributed by atoms with Gasteiger partial charge in [0.25, 0.3) is 0 Å². The van der Waals surface area contributed by atoms with E-state index >= 15 is 0 Å². The molecule has 2 heterocycles. The van der Waals surface area contributed by atoms with Crippen LogP contribution in [0.15, 0.2) is 71.5 Å². The van der Waals surface area contributed by atoms with Crippen LogP contribution in [-0.2, 0) is 12.7 Å². The van der Waals surface area contributed by atoms with Crippen LogP contribution in [0.4, 0.5) is 18.9 Å². The van der Waals surface area contributed by atoms with Gasteiger partial charge in [-0.2, -0.15) is 13.2 Å². The van der Waals surface area contributed by atoms with E-state index in [4.69, 9.17) is 9.47 Å². The predicted molar refractivity (Wildman–Crippen MR) is 132 cm³/mol. The molecule has 6 nitrogen and oxygen atoms in total. The Morgan fingerprint density at radius 1 is 0.917 bits per heavy atom. The molecule has 0 radical (unpaired) electrons. The van der Waals surface area contributed by atoms with Gasteiger partial charge in [-0.25, -0.2) is 4.79 Å². The smallest absolute Gasteiger partial charge is 0.416 e. The van der Waals surface area contributed by atoms with Gasteiger partial charge in [-0.05, 0) is 42.3 Å². The molecule has 0 bridgehead atoms. The monoisotopic (exact) mass is 497 g/mol. The molecular weight excluding hydrogens is 471 g/mol. The van der Waals surface area contributed by atoms with Crippen molar-refractivity contribution >= 4 is 16.7 Å². The largest absolute Gasteiger partial charge is 0.495 e. The van der Waals surface area contributed by atoms with Gasteiger partial charge in [-0.1, -0.05) is 36.4 Å². The molecule has 1 aromatic heterocycles. The summed E-state index contributed by atoms with van der Waals surface area (Å²) in [7, 11) is 3.11. The third-order valence-corrected chi connectivity index (χ3v) is 6.77. The Kier molecular flexibility index (Phi) is 6.15. The molecule has 1 saturated heterocycles. The first kappa shape index (κ1) is 23.8. The zero-order valence-corrected chi connectivity index (χ0v) is 20.0. The van der Waals surface area contributed by atoms with E-state index in [1.165, 1.54) is 23.8 Å². The molecule has 3 aromatic carbocycles. The first-order valence-electron chi connectivity index (χ1n) is 11.6. The number of hydrogen-bond acceptors (Lipinski definition) is 4. The first-order chi connectivity index (χ1) is 17.3. The lowest BCUT2D eigenvalue weighted by Gasteiger charge is -2.21. The number of hydrogen-bond donors (Lipinski definition) is 0. The highest BCUT2D eigenvalue weighted by Crippen LogP contribution is 2.36. The van der Waals surface area contributed by atoms with Crippen molar-refractivity contribution in [3.63, 3.8) is 0 Å². The van der Waals surface area contributed by atoms with E-state index in [0.717, 1.165) is 17.5 Å². The zero-order chi connectivity index (χ0) is 25.4. The van der Waals surface area contributed by atoms with Crippen molar-refractivity contribution in [3.8, 4) is 11.5 Å². The third-order valence-electron chi connectivity index (χ3n) is 6.77. The fourth-order valence-corrected chi connectivity index (χ4v) is 5.14. The van der Waals surface area contributed by atoms with Crippen molar-refractivity contribution in [1.29, 1.82) is 0 Å². The Hall–Kier alpha value is -3.88. The summed E-state index contributed by atoms with van der Waals surface area (Å²) in [6.45, 7) is 1.06. The van der Waals surface area contributed by atoms with Gasteiger partial charge < -0.3 is 14.4 Å². The molecule has 1 fully saturated rings. The average Bonchev–Trinajstić information content (AvgIpc) is 3.46. The molecule has 0 spiro atoms. The number of para-hydroxylation sites is 3. The van der Waals surface area contributed by atoms with Crippen molar-refractivity contribution in [3.05, 3.63) is 88.3 Å². The Morgan fingerprint density at radius 2 is 1.61 bits per heavy atom. The summed E-state index contributed by atoms with van der Waals surface area (Å²) in [6, 6.07) is 18.2. The molecule has 1 aliphatic heterocycles. The fraction of sp³-hybridized carbons (Fsp3) is 0.296. The molecular formula is C27H26F3N3O3. The number of imidazole rings is 1. The zero-order valence-electron chi connectivity index (χ0n) is 20.0. The minimum absolute atomic E-state index is 0.0270. The second kappa shape index (κ2) is 9.29. The van der Waals surface area contributed by atoms with E-state index in [0.29, 0.717) is 36.3 Å². The van der Waals surface area contributed by atoms with Gasteiger partial charge in [0.1, 0.15) is 17.0 Å². The Bertz CT molecular complexity index is 1460. The number of ether oxygens (including phenoxy) is 2. The molecule has 1 unspecified atom stereocenters. The summed E-state index contributed by atoms with van der Waals surface area (Å²) in [5.41, 5.74) is 0.970. The van der Waals surface area contributed by atoms with Crippen LogP contribution in [0.25, 0.3) is 11.0 Å². The topological polar surface area (TPSA) is 48.6 Å². The molecule has 0 saturated carbocycles. The number of nitrogens with zero attached hydrogens (tertiary/aromatic N) is 3. The highest BCUT2D eigenvalue weighted by molar-refractivity contribution is 5.83. The standard InChI is InChI=1S/C27H26F3N3O3/c1-35-23-12-6-5-10-21(23)31-15-14-19(17-31)33-22-11-7-13-24(36-2)25(22)32(26(33)34)16-18-8-3-4-9-20(18)27(28,29)30/h3-13,19H,14-17H2,1-2H3. The number of halogens is 3.